The molecule has 0 atom stereocenters. The predicted octanol–water partition coefficient (Wildman–Crippen LogP) is 4.60. The van der Waals surface area contributed by atoms with Gasteiger partial charge in [-0.2, -0.15) is 0 Å². The Hall–Kier alpha value is -2.55. The van der Waals surface area contributed by atoms with Crippen molar-refractivity contribution >= 4 is 31.6 Å². The third-order valence-corrected chi connectivity index (χ3v) is 6.18. The van der Waals surface area contributed by atoms with E-state index in [9.17, 15) is 8.42 Å². The highest BCUT2D eigenvalue weighted by Gasteiger charge is 2.12. The summed E-state index contributed by atoms with van der Waals surface area (Å²) >= 11 is 3.59. The molecular formula is C22H23BrN2O4S. The minimum atomic E-state index is -3.70. The lowest BCUT2D eigenvalue weighted by Crippen LogP contribution is -2.12. The van der Waals surface area contributed by atoms with Crippen molar-refractivity contribution in [1.29, 1.82) is 0 Å². The number of benzene rings is 3. The van der Waals surface area contributed by atoms with Crippen LogP contribution in [0.2, 0.25) is 0 Å². The summed E-state index contributed by atoms with van der Waals surface area (Å²) in [7, 11) is -2.10. The van der Waals surface area contributed by atoms with Crippen LogP contribution < -0.4 is 19.9 Å². The van der Waals surface area contributed by atoms with Crippen molar-refractivity contribution in [2.45, 2.75) is 25.0 Å². The highest BCUT2D eigenvalue weighted by molar-refractivity contribution is 9.10. The number of ether oxygens (including phenoxy) is 2. The molecule has 158 valence electrons. The van der Waals surface area contributed by atoms with Crippen molar-refractivity contribution in [2.75, 3.05) is 12.4 Å². The number of hydrogen-bond acceptors (Lipinski definition) is 5. The van der Waals surface area contributed by atoms with Gasteiger partial charge in [-0.25, -0.2) is 13.6 Å². The second-order valence-electron chi connectivity index (χ2n) is 6.79. The van der Waals surface area contributed by atoms with E-state index in [-0.39, 0.29) is 4.90 Å². The summed E-state index contributed by atoms with van der Waals surface area (Å²) in [4.78, 5) is 0.0750. The molecule has 0 bridgehead atoms. The van der Waals surface area contributed by atoms with Crippen molar-refractivity contribution in [3.05, 3.63) is 81.8 Å². The molecule has 3 rings (SSSR count). The normalized spacial score (nSPS) is 11.2. The fourth-order valence-corrected chi connectivity index (χ4v) is 3.77. The van der Waals surface area contributed by atoms with E-state index in [1.165, 1.54) is 17.7 Å². The molecule has 6 nitrogen and oxygen atoms in total. The summed E-state index contributed by atoms with van der Waals surface area (Å²) in [5.41, 5.74) is 4.01. The fraction of sp³-hybridized carbons (Fsp3) is 0.182. The summed E-state index contributed by atoms with van der Waals surface area (Å²) in [6, 6.07) is 18.2. The van der Waals surface area contributed by atoms with E-state index in [4.69, 9.17) is 14.6 Å². The Balaban J connectivity index is 1.69. The molecule has 0 spiro atoms. The van der Waals surface area contributed by atoms with Crippen LogP contribution in [0.25, 0.3) is 0 Å². The van der Waals surface area contributed by atoms with E-state index in [1.807, 2.05) is 31.2 Å². The van der Waals surface area contributed by atoms with Crippen LogP contribution in [0.4, 0.5) is 5.69 Å². The second-order valence-corrected chi connectivity index (χ2v) is 9.21. The maximum Gasteiger partial charge on any atom is 0.238 e. The van der Waals surface area contributed by atoms with Gasteiger partial charge in [-0.05, 0) is 54.4 Å². The van der Waals surface area contributed by atoms with Gasteiger partial charge in [-0.3, -0.25) is 0 Å². The summed E-state index contributed by atoms with van der Waals surface area (Å²) in [5, 5.41) is 8.38. The number of rotatable bonds is 8. The number of primary sulfonamides is 1. The molecule has 0 saturated heterocycles. The highest BCUT2D eigenvalue weighted by atomic mass is 79.9. The molecule has 0 aliphatic heterocycles. The van der Waals surface area contributed by atoms with E-state index in [1.54, 1.807) is 19.2 Å². The number of halogens is 1. The van der Waals surface area contributed by atoms with Gasteiger partial charge >= 0.3 is 0 Å². The first-order chi connectivity index (χ1) is 14.3. The Bertz CT molecular complexity index is 1120. The van der Waals surface area contributed by atoms with Crippen molar-refractivity contribution < 1.29 is 17.9 Å². The Morgan fingerprint density at radius 2 is 1.67 bits per heavy atom. The molecule has 3 aromatic rings. The van der Waals surface area contributed by atoms with Crippen molar-refractivity contribution in [1.82, 2.24) is 0 Å². The number of anilines is 1. The summed E-state index contributed by atoms with van der Waals surface area (Å²) in [5.74, 6) is 1.28. The van der Waals surface area contributed by atoms with Crippen LogP contribution in [0.3, 0.4) is 0 Å². The average molecular weight is 491 g/mol. The highest BCUT2D eigenvalue weighted by Crippen LogP contribution is 2.34. The monoisotopic (exact) mass is 490 g/mol. The maximum absolute atomic E-state index is 11.4. The molecule has 0 amide bonds. The molecule has 0 heterocycles. The van der Waals surface area contributed by atoms with Crippen molar-refractivity contribution in [3.8, 4) is 11.5 Å². The smallest absolute Gasteiger partial charge is 0.238 e. The minimum Gasteiger partial charge on any atom is -0.493 e. The van der Waals surface area contributed by atoms with E-state index in [2.05, 4.69) is 33.4 Å². The summed E-state index contributed by atoms with van der Waals surface area (Å²) in [6.07, 6.45) is 0. The first-order valence-electron chi connectivity index (χ1n) is 9.18. The zero-order valence-corrected chi connectivity index (χ0v) is 19.1. The number of methoxy groups -OCH3 is 1. The van der Waals surface area contributed by atoms with Gasteiger partial charge in [-0.1, -0.05) is 45.8 Å². The summed E-state index contributed by atoms with van der Waals surface area (Å²) < 4.78 is 35.0. The molecule has 8 heteroatoms. The molecule has 0 radical (unpaired) electrons. The molecule has 0 saturated carbocycles. The Morgan fingerprint density at radius 3 is 2.27 bits per heavy atom. The second kappa shape index (κ2) is 9.51. The van der Waals surface area contributed by atoms with Crippen LogP contribution in [0.5, 0.6) is 11.5 Å². The van der Waals surface area contributed by atoms with Gasteiger partial charge < -0.3 is 14.8 Å². The number of sulfonamides is 1. The van der Waals surface area contributed by atoms with E-state index < -0.39 is 10.0 Å². The molecule has 30 heavy (non-hydrogen) atoms. The van der Waals surface area contributed by atoms with Gasteiger partial charge in [0.25, 0.3) is 0 Å². The quantitative estimate of drug-likeness (QED) is 0.481. The van der Waals surface area contributed by atoms with Crippen LogP contribution in [-0.4, -0.2) is 15.5 Å². The van der Waals surface area contributed by atoms with Gasteiger partial charge in [-0.15, -0.1) is 0 Å². The Morgan fingerprint density at radius 1 is 1.00 bits per heavy atom. The maximum atomic E-state index is 11.4. The number of nitrogens with two attached hydrogens (primary N) is 1. The standard InChI is InChI=1S/C22H23BrN2O4S/c1-15-3-5-16(6-4-15)14-29-22-12-20(23)17(11-21(22)28-2)13-25-18-7-9-19(10-8-18)30(24,26)27/h3-12,25H,13-14H2,1-2H3,(H2,24,26,27). The van der Waals surface area contributed by atoms with Gasteiger partial charge in [0.05, 0.1) is 12.0 Å². The fourth-order valence-electron chi connectivity index (χ4n) is 2.79. The molecule has 0 fully saturated rings. The largest absolute Gasteiger partial charge is 0.493 e. The van der Waals surface area contributed by atoms with Crippen molar-refractivity contribution in [2.24, 2.45) is 5.14 Å². The third kappa shape index (κ3) is 5.75. The Kier molecular flexibility index (Phi) is 7.02. The van der Waals surface area contributed by atoms with E-state index in [0.29, 0.717) is 24.7 Å². The molecule has 3 aromatic carbocycles. The van der Waals surface area contributed by atoms with Crippen LogP contribution in [-0.2, 0) is 23.2 Å². The topological polar surface area (TPSA) is 90.6 Å². The lowest BCUT2D eigenvalue weighted by atomic mass is 10.1. The van der Waals surface area contributed by atoms with E-state index >= 15 is 0 Å². The average Bonchev–Trinajstić information content (AvgIpc) is 2.72. The van der Waals surface area contributed by atoms with Crippen molar-refractivity contribution in [3.63, 3.8) is 0 Å². The van der Waals surface area contributed by atoms with Gasteiger partial charge in [0, 0.05) is 16.7 Å². The molecule has 0 unspecified atom stereocenters. The van der Waals surface area contributed by atoms with Gasteiger partial charge in [0.2, 0.25) is 10.0 Å². The zero-order chi connectivity index (χ0) is 21.7. The minimum absolute atomic E-state index is 0.0750. The molecule has 0 aliphatic carbocycles. The molecule has 0 aromatic heterocycles. The van der Waals surface area contributed by atoms with Gasteiger partial charge in [0.15, 0.2) is 11.5 Å². The Labute approximate surface area is 185 Å². The molecule has 3 N–H and O–H groups in total. The van der Waals surface area contributed by atoms with Crippen LogP contribution >= 0.6 is 15.9 Å². The first-order valence-corrected chi connectivity index (χ1v) is 11.5. The predicted molar refractivity (Wildman–Crippen MR) is 121 cm³/mol. The lowest BCUT2D eigenvalue weighted by molar-refractivity contribution is 0.284. The SMILES string of the molecule is COc1cc(CNc2ccc(S(N)(=O)=O)cc2)c(Br)cc1OCc1ccc(C)cc1. The summed E-state index contributed by atoms with van der Waals surface area (Å²) in [6.45, 7) is 2.99. The zero-order valence-electron chi connectivity index (χ0n) is 16.7. The molecular weight excluding hydrogens is 468 g/mol. The number of nitrogens with one attached hydrogen (secondary N) is 1. The molecule has 0 aliphatic rings. The number of hydrogen-bond donors (Lipinski definition) is 2. The van der Waals surface area contributed by atoms with Crippen LogP contribution in [0.15, 0.2) is 70.0 Å². The lowest BCUT2D eigenvalue weighted by Gasteiger charge is -2.15. The van der Waals surface area contributed by atoms with Crippen LogP contribution in [0.1, 0.15) is 16.7 Å². The van der Waals surface area contributed by atoms with Crippen LogP contribution in [0, 0.1) is 6.92 Å². The van der Waals surface area contributed by atoms with E-state index in [0.717, 1.165) is 21.3 Å². The third-order valence-electron chi connectivity index (χ3n) is 4.51. The van der Waals surface area contributed by atoms with Gasteiger partial charge in [0.1, 0.15) is 6.61 Å². The number of aryl methyl sites for hydroxylation is 1. The first kappa shape index (κ1) is 22.1.